The second-order valence-electron chi connectivity index (χ2n) is 7.06. The van der Waals surface area contributed by atoms with Gasteiger partial charge >= 0.3 is 0 Å². The maximum atomic E-state index is 13.5. The van der Waals surface area contributed by atoms with Gasteiger partial charge in [0.25, 0.3) is 12.4 Å². The van der Waals surface area contributed by atoms with Crippen molar-refractivity contribution in [2.45, 2.75) is 41.2 Å². The van der Waals surface area contributed by atoms with Gasteiger partial charge in [-0.1, -0.05) is 12.1 Å². The van der Waals surface area contributed by atoms with E-state index in [1.54, 1.807) is 12.1 Å². The van der Waals surface area contributed by atoms with E-state index in [-0.39, 0.29) is 22.2 Å². The van der Waals surface area contributed by atoms with Crippen molar-refractivity contribution in [3.8, 4) is 0 Å². The maximum absolute atomic E-state index is 13.5. The lowest BCUT2D eigenvalue weighted by Crippen LogP contribution is -2.45. The number of nitrogens with one attached hydrogen (secondary N) is 2. The molecule has 2 N–H and O–H groups in total. The first-order valence-electron chi connectivity index (χ1n) is 9.54. The predicted molar refractivity (Wildman–Crippen MR) is 107 cm³/mol. The smallest absolute Gasteiger partial charge is 0.295 e. The van der Waals surface area contributed by atoms with E-state index in [0.717, 1.165) is 36.5 Å². The fourth-order valence-electron chi connectivity index (χ4n) is 3.67. The molecule has 2 aromatic rings. The van der Waals surface area contributed by atoms with Gasteiger partial charge in [-0.3, -0.25) is 14.9 Å². The first-order valence-corrected chi connectivity index (χ1v) is 11.0. The molecule has 2 unspecified atom stereocenters. The zero-order valence-electron chi connectivity index (χ0n) is 16.4. The summed E-state index contributed by atoms with van der Waals surface area (Å²) in [7, 11) is -2.32. The number of hydrogen-bond donors (Lipinski definition) is 2. The largest absolute Gasteiger partial charge is 0.439 e. The molecule has 0 spiro atoms. The molecule has 3 rings (SSSR count). The Hall–Kier alpha value is -2.78. The Morgan fingerprint density at radius 2 is 2.03 bits per heavy atom. The summed E-state index contributed by atoms with van der Waals surface area (Å²) < 4.78 is 43.9. The van der Waals surface area contributed by atoms with E-state index < -0.39 is 27.8 Å². The van der Waals surface area contributed by atoms with E-state index in [1.165, 1.54) is 31.3 Å². The van der Waals surface area contributed by atoms with Crippen molar-refractivity contribution in [1.82, 2.24) is 10.6 Å². The molecule has 0 saturated heterocycles. The second kappa shape index (κ2) is 9.36. The second-order valence-corrected chi connectivity index (χ2v) is 9.01. The van der Waals surface area contributed by atoms with Crippen LogP contribution in [0.3, 0.4) is 0 Å². The average Bonchev–Trinajstić information content (AvgIpc) is 2.75. The van der Waals surface area contributed by atoms with Gasteiger partial charge in [0.1, 0.15) is 5.82 Å². The minimum absolute atomic E-state index is 0.0114. The van der Waals surface area contributed by atoms with Crippen LogP contribution in [0.1, 0.15) is 29.9 Å². The zero-order valence-corrected chi connectivity index (χ0v) is 17.2. The molecule has 30 heavy (non-hydrogen) atoms. The number of sulfone groups is 1. The highest BCUT2D eigenvalue weighted by Crippen LogP contribution is 2.34. The Kier molecular flexibility index (Phi) is 6.84. The fraction of sp³-hybridized carbons (Fsp3) is 0.333. The number of aryl methyl sites for hydroxylation is 1. The lowest BCUT2D eigenvalue weighted by molar-refractivity contribution is -0.146. The Morgan fingerprint density at radius 1 is 1.27 bits per heavy atom. The van der Waals surface area contributed by atoms with E-state index in [2.05, 4.69) is 15.4 Å². The lowest BCUT2D eigenvalue weighted by atomic mass is 9.83. The van der Waals surface area contributed by atoms with E-state index >= 15 is 0 Å². The summed E-state index contributed by atoms with van der Waals surface area (Å²) in [5.74, 6) is -1.05. The first-order chi connectivity index (χ1) is 14.4. The molecule has 9 heteroatoms. The van der Waals surface area contributed by atoms with Crippen LogP contribution >= 0.6 is 0 Å². The molecule has 7 nitrogen and oxygen atoms in total. The van der Waals surface area contributed by atoms with Crippen LogP contribution in [0, 0.1) is 5.82 Å². The SMILES string of the molecule is CNC(OC=O)C(=O)NCC1CCCc2cc(S(=O)(=O)c3cccc(F)c3)ccc21. The molecule has 0 aromatic heterocycles. The summed E-state index contributed by atoms with van der Waals surface area (Å²) in [5.41, 5.74) is 1.87. The molecule has 0 heterocycles. The topological polar surface area (TPSA) is 102 Å². The highest BCUT2D eigenvalue weighted by Gasteiger charge is 2.26. The number of carbonyl (C=O) groups is 2. The normalized spacial score (nSPS) is 16.9. The van der Waals surface area contributed by atoms with Crippen molar-refractivity contribution < 1.29 is 27.1 Å². The third-order valence-electron chi connectivity index (χ3n) is 5.18. The number of benzene rings is 2. The molecule has 2 aromatic carbocycles. The van der Waals surface area contributed by atoms with Crippen molar-refractivity contribution >= 4 is 22.2 Å². The van der Waals surface area contributed by atoms with Gasteiger partial charge in [-0.25, -0.2) is 12.8 Å². The standard InChI is InChI=1S/C21H23FN2O5S/c1-23-21(29-13-25)20(26)24-12-15-5-2-4-14-10-18(8-9-19(14)15)30(27,28)17-7-3-6-16(22)11-17/h3,6-11,13,15,21,23H,2,4-5,12H2,1H3,(H,24,26). The maximum Gasteiger partial charge on any atom is 0.295 e. The zero-order chi connectivity index (χ0) is 21.7. The van der Waals surface area contributed by atoms with Crippen molar-refractivity contribution in [2.24, 2.45) is 0 Å². The number of ether oxygens (including phenoxy) is 1. The summed E-state index contributed by atoms with van der Waals surface area (Å²) in [4.78, 5) is 22.6. The quantitative estimate of drug-likeness (QED) is 0.486. The number of hydrogen-bond acceptors (Lipinski definition) is 6. The van der Waals surface area contributed by atoms with Gasteiger partial charge in [0, 0.05) is 12.5 Å². The minimum Gasteiger partial charge on any atom is -0.439 e. The third kappa shape index (κ3) is 4.68. The van der Waals surface area contributed by atoms with Gasteiger partial charge in [0.2, 0.25) is 16.1 Å². The van der Waals surface area contributed by atoms with Crippen LogP contribution in [0.4, 0.5) is 4.39 Å². The molecule has 1 aliphatic rings. The number of amides is 1. The summed E-state index contributed by atoms with van der Waals surface area (Å²) in [5, 5.41) is 5.36. The molecular weight excluding hydrogens is 411 g/mol. The molecule has 0 saturated carbocycles. The molecule has 0 bridgehead atoms. The van der Waals surface area contributed by atoms with Gasteiger partial charge in [-0.2, -0.15) is 0 Å². The third-order valence-corrected chi connectivity index (χ3v) is 6.93. The highest BCUT2D eigenvalue weighted by atomic mass is 32.2. The Balaban J connectivity index is 1.79. The van der Waals surface area contributed by atoms with Crippen molar-refractivity contribution in [3.63, 3.8) is 0 Å². The Morgan fingerprint density at radius 3 is 2.73 bits per heavy atom. The molecule has 0 radical (unpaired) electrons. The van der Waals surface area contributed by atoms with Gasteiger partial charge in [0.15, 0.2) is 0 Å². The van der Waals surface area contributed by atoms with Crippen LogP contribution in [-0.2, 0) is 30.6 Å². The molecule has 2 atom stereocenters. The van der Waals surface area contributed by atoms with Crippen LogP contribution in [0.5, 0.6) is 0 Å². The molecular formula is C21H23FN2O5S. The van der Waals surface area contributed by atoms with E-state index in [0.29, 0.717) is 6.54 Å². The molecule has 0 fully saturated rings. The number of rotatable bonds is 8. The number of carbonyl (C=O) groups excluding carboxylic acids is 2. The molecule has 160 valence electrons. The molecule has 0 aliphatic heterocycles. The summed E-state index contributed by atoms with van der Waals surface area (Å²) >= 11 is 0. The monoisotopic (exact) mass is 434 g/mol. The van der Waals surface area contributed by atoms with Crippen molar-refractivity contribution in [3.05, 3.63) is 59.4 Å². The molecule has 1 amide bonds. The van der Waals surface area contributed by atoms with E-state index in [1.807, 2.05) is 0 Å². The van der Waals surface area contributed by atoms with Gasteiger partial charge in [-0.05, 0) is 67.8 Å². The number of fused-ring (bicyclic) bond motifs is 1. The first kappa shape index (κ1) is 21.9. The lowest BCUT2D eigenvalue weighted by Gasteiger charge is -2.27. The highest BCUT2D eigenvalue weighted by molar-refractivity contribution is 7.91. The number of halogens is 1. The van der Waals surface area contributed by atoms with Crippen molar-refractivity contribution in [2.75, 3.05) is 13.6 Å². The fourth-order valence-corrected chi connectivity index (χ4v) is 5.02. The van der Waals surface area contributed by atoms with Crippen molar-refractivity contribution in [1.29, 1.82) is 0 Å². The van der Waals surface area contributed by atoms with E-state index in [4.69, 9.17) is 0 Å². The minimum atomic E-state index is -3.83. The Bertz CT molecular complexity index is 1040. The average molecular weight is 434 g/mol. The predicted octanol–water partition coefficient (Wildman–Crippen LogP) is 1.91. The number of likely N-dealkylation sites (N-methyl/N-ethyl adjacent to an activating group) is 1. The Labute approximate surface area is 174 Å². The van der Waals surface area contributed by atoms with Gasteiger partial charge < -0.3 is 10.1 Å². The van der Waals surface area contributed by atoms with Crippen LogP contribution in [-0.4, -0.2) is 40.6 Å². The summed E-state index contributed by atoms with van der Waals surface area (Å²) in [6.45, 7) is 0.541. The van der Waals surface area contributed by atoms with Crippen LogP contribution in [0.2, 0.25) is 0 Å². The summed E-state index contributed by atoms with van der Waals surface area (Å²) in [6, 6.07) is 9.85. The van der Waals surface area contributed by atoms with Crippen LogP contribution < -0.4 is 10.6 Å². The van der Waals surface area contributed by atoms with Crippen LogP contribution in [0.25, 0.3) is 0 Å². The van der Waals surface area contributed by atoms with E-state index in [9.17, 15) is 22.4 Å². The van der Waals surface area contributed by atoms with Gasteiger partial charge in [-0.15, -0.1) is 0 Å². The summed E-state index contributed by atoms with van der Waals surface area (Å²) in [6.07, 6.45) is 1.34. The van der Waals surface area contributed by atoms with Gasteiger partial charge in [0.05, 0.1) is 9.79 Å². The molecule has 1 aliphatic carbocycles. The van der Waals surface area contributed by atoms with Crippen LogP contribution in [0.15, 0.2) is 52.3 Å².